The number of nitrogens with zero attached hydrogens (tertiary/aromatic N) is 1. The van der Waals surface area contributed by atoms with E-state index < -0.39 is 40.5 Å². The zero-order valence-electron chi connectivity index (χ0n) is 15.5. The third kappa shape index (κ3) is 3.76. The molecule has 2 aromatic carbocycles. The number of ether oxygens (including phenoxy) is 1. The lowest BCUT2D eigenvalue weighted by Crippen LogP contribution is -2.32. The number of amides is 1. The Hall–Kier alpha value is -2.77. The van der Waals surface area contributed by atoms with Crippen molar-refractivity contribution in [3.63, 3.8) is 0 Å². The number of anilines is 2. The first-order valence-electron chi connectivity index (χ1n) is 8.89. The quantitative estimate of drug-likeness (QED) is 0.600. The topological polar surface area (TPSA) is 41.6 Å². The molecule has 1 heterocycles. The summed E-state index contributed by atoms with van der Waals surface area (Å²) in [5, 5.41) is 2.26. The molecule has 0 aliphatic carbocycles. The van der Waals surface area contributed by atoms with Gasteiger partial charge in [-0.2, -0.15) is 8.78 Å². The van der Waals surface area contributed by atoms with Crippen molar-refractivity contribution in [2.24, 2.45) is 5.92 Å². The molecular formula is C20H20F4N2O2. The van der Waals surface area contributed by atoms with Crippen LogP contribution in [-0.2, 0) is 0 Å². The van der Waals surface area contributed by atoms with Crippen LogP contribution in [0.4, 0.5) is 28.9 Å². The number of methoxy groups -OCH3 is 1. The van der Waals surface area contributed by atoms with Crippen molar-refractivity contribution in [2.75, 3.05) is 30.4 Å². The molecule has 1 aliphatic rings. The zero-order chi connectivity index (χ0) is 20.4. The minimum atomic E-state index is -1.81. The largest absolute Gasteiger partial charge is 0.491 e. The van der Waals surface area contributed by atoms with E-state index in [0.717, 1.165) is 38.7 Å². The summed E-state index contributed by atoms with van der Waals surface area (Å²) in [6.45, 7) is 4.06. The number of halogens is 4. The summed E-state index contributed by atoms with van der Waals surface area (Å²) in [5.41, 5.74) is -0.136. The van der Waals surface area contributed by atoms with Crippen LogP contribution in [0.2, 0.25) is 0 Å². The maximum absolute atomic E-state index is 14.1. The van der Waals surface area contributed by atoms with E-state index in [-0.39, 0.29) is 5.69 Å². The Balaban J connectivity index is 1.78. The van der Waals surface area contributed by atoms with Crippen LogP contribution in [0, 0.1) is 29.2 Å². The van der Waals surface area contributed by atoms with E-state index in [1.807, 2.05) is 0 Å². The van der Waals surface area contributed by atoms with Gasteiger partial charge >= 0.3 is 0 Å². The fraction of sp³-hybridized carbons (Fsp3) is 0.350. The molecule has 4 nitrogen and oxygen atoms in total. The lowest BCUT2D eigenvalue weighted by Gasteiger charge is -2.32. The van der Waals surface area contributed by atoms with Gasteiger partial charge in [-0.05, 0) is 43.0 Å². The van der Waals surface area contributed by atoms with Crippen molar-refractivity contribution in [3.05, 3.63) is 53.1 Å². The molecule has 1 fully saturated rings. The van der Waals surface area contributed by atoms with Crippen LogP contribution < -0.4 is 15.0 Å². The minimum absolute atomic E-state index is 0.245. The molecule has 150 valence electrons. The van der Waals surface area contributed by atoms with Crippen molar-refractivity contribution < 1.29 is 27.1 Å². The lowest BCUT2D eigenvalue weighted by atomic mass is 9.99. The summed E-state index contributed by atoms with van der Waals surface area (Å²) in [6.07, 6.45) is 2.18. The predicted octanol–water partition coefficient (Wildman–Crippen LogP) is 4.74. The van der Waals surface area contributed by atoms with Crippen LogP contribution in [-0.4, -0.2) is 26.1 Å². The van der Waals surface area contributed by atoms with Crippen LogP contribution in [0.25, 0.3) is 0 Å². The Morgan fingerprint density at radius 2 is 1.54 bits per heavy atom. The summed E-state index contributed by atoms with van der Waals surface area (Å²) in [7, 11) is 0.866. The van der Waals surface area contributed by atoms with Crippen molar-refractivity contribution in [2.45, 2.75) is 19.8 Å². The van der Waals surface area contributed by atoms with E-state index in [4.69, 9.17) is 0 Å². The SMILES string of the molecule is COc1c(F)c(F)c(C(=O)Nc2ccc(N3CCC(C)CC3)cc2)c(F)c1F. The second-order valence-electron chi connectivity index (χ2n) is 6.83. The molecule has 1 amide bonds. The number of carbonyl (C=O) groups excluding carboxylic acids is 1. The number of rotatable bonds is 4. The average molecular weight is 396 g/mol. The number of hydrogen-bond donors (Lipinski definition) is 1. The van der Waals surface area contributed by atoms with E-state index in [9.17, 15) is 22.4 Å². The lowest BCUT2D eigenvalue weighted by molar-refractivity contribution is 0.101. The molecule has 3 rings (SSSR count). The van der Waals surface area contributed by atoms with Gasteiger partial charge in [0, 0.05) is 24.5 Å². The van der Waals surface area contributed by atoms with E-state index in [2.05, 4.69) is 21.9 Å². The molecule has 1 N–H and O–H groups in total. The number of hydrogen-bond acceptors (Lipinski definition) is 3. The van der Waals surface area contributed by atoms with Gasteiger partial charge in [0.2, 0.25) is 11.6 Å². The van der Waals surface area contributed by atoms with Gasteiger partial charge in [-0.3, -0.25) is 4.79 Å². The number of piperidine rings is 1. The van der Waals surface area contributed by atoms with Crippen molar-refractivity contribution in [3.8, 4) is 5.75 Å². The van der Waals surface area contributed by atoms with E-state index >= 15 is 0 Å². The first kappa shape index (κ1) is 20.0. The van der Waals surface area contributed by atoms with Crippen LogP contribution in [0.15, 0.2) is 24.3 Å². The van der Waals surface area contributed by atoms with E-state index in [0.29, 0.717) is 5.92 Å². The Bertz CT molecular complexity index is 850. The first-order chi connectivity index (χ1) is 13.3. The zero-order valence-corrected chi connectivity index (χ0v) is 15.5. The van der Waals surface area contributed by atoms with Gasteiger partial charge in [-0.15, -0.1) is 0 Å². The Kier molecular flexibility index (Phi) is 5.76. The molecule has 0 aromatic heterocycles. The maximum Gasteiger partial charge on any atom is 0.261 e. The summed E-state index contributed by atoms with van der Waals surface area (Å²) in [5.74, 6) is -8.98. The smallest absolute Gasteiger partial charge is 0.261 e. The summed E-state index contributed by atoms with van der Waals surface area (Å²) >= 11 is 0. The highest BCUT2D eigenvalue weighted by Gasteiger charge is 2.30. The van der Waals surface area contributed by atoms with E-state index in [1.165, 1.54) is 0 Å². The molecule has 0 radical (unpaired) electrons. The van der Waals surface area contributed by atoms with E-state index in [1.54, 1.807) is 24.3 Å². The summed E-state index contributed by atoms with van der Waals surface area (Å²) < 4.78 is 60.0. The van der Waals surface area contributed by atoms with Crippen LogP contribution in [0.5, 0.6) is 5.75 Å². The van der Waals surface area contributed by atoms with Gasteiger partial charge in [-0.25, -0.2) is 8.78 Å². The third-order valence-electron chi connectivity index (χ3n) is 4.93. The Morgan fingerprint density at radius 3 is 2.04 bits per heavy atom. The van der Waals surface area contributed by atoms with Crippen LogP contribution >= 0.6 is 0 Å². The Morgan fingerprint density at radius 1 is 1.00 bits per heavy atom. The Labute approximate surface area is 160 Å². The van der Waals surface area contributed by atoms with Crippen molar-refractivity contribution >= 4 is 17.3 Å². The number of carbonyl (C=O) groups is 1. The standard InChI is InChI=1S/C20H20F4N2O2/c1-11-7-9-26(10-8-11)13-5-3-12(4-6-13)25-20(27)14-15(21)17(23)19(28-2)18(24)16(14)22/h3-6,11H,7-10H2,1-2H3,(H,25,27). The highest BCUT2D eigenvalue weighted by atomic mass is 19.2. The molecule has 0 saturated carbocycles. The summed E-state index contributed by atoms with van der Waals surface area (Å²) in [6, 6.07) is 6.68. The molecule has 2 aromatic rings. The van der Waals surface area contributed by atoms with Crippen molar-refractivity contribution in [1.29, 1.82) is 0 Å². The third-order valence-corrected chi connectivity index (χ3v) is 4.93. The van der Waals surface area contributed by atoms with Gasteiger partial charge in [0.15, 0.2) is 17.4 Å². The van der Waals surface area contributed by atoms with Gasteiger partial charge in [0.1, 0.15) is 5.56 Å². The second kappa shape index (κ2) is 8.08. The number of nitrogens with one attached hydrogen (secondary N) is 1. The van der Waals surface area contributed by atoms with Gasteiger partial charge < -0.3 is 15.0 Å². The first-order valence-corrected chi connectivity index (χ1v) is 8.89. The number of benzene rings is 2. The fourth-order valence-corrected chi connectivity index (χ4v) is 3.21. The molecule has 8 heteroatoms. The molecule has 0 spiro atoms. The normalized spacial score (nSPS) is 14.9. The average Bonchev–Trinajstić information content (AvgIpc) is 2.68. The molecule has 0 bridgehead atoms. The van der Waals surface area contributed by atoms with Crippen molar-refractivity contribution in [1.82, 2.24) is 0 Å². The highest BCUT2D eigenvalue weighted by molar-refractivity contribution is 6.04. The highest BCUT2D eigenvalue weighted by Crippen LogP contribution is 2.30. The van der Waals surface area contributed by atoms with Gasteiger partial charge in [0.05, 0.1) is 7.11 Å². The summed E-state index contributed by atoms with van der Waals surface area (Å²) in [4.78, 5) is 14.4. The van der Waals surface area contributed by atoms with Crippen LogP contribution in [0.3, 0.4) is 0 Å². The van der Waals surface area contributed by atoms with Gasteiger partial charge in [0.25, 0.3) is 5.91 Å². The minimum Gasteiger partial charge on any atom is -0.491 e. The molecule has 0 atom stereocenters. The second-order valence-corrected chi connectivity index (χ2v) is 6.83. The molecule has 0 unspecified atom stereocenters. The predicted molar refractivity (Wildman–Crippen MR) is 97.8 cm³/mol. The molecular weight excluding hydrogens is 376 g/mol. The maximum atomic E-state index is 14.1. The molecule has 1 saturated heterocycles. The fourth-order valence-electron chi connectivity index (χ4n) is 3.21. The van der Waals surface area contributed by atoms with Gasteiger partial charge in [-0.1, -0.05) is 6.92 Å². The molecule has 28 heavy (non-hydrogen) atoms. The molecule has 1 aliphatic heterocycles. The van der Waals surface area contributed by atoms with Crippen LogP contribution in [0.1, 0.15) is 30.1 Å². The monoisotopic (exact) mass is 396 g/mol.